The largest absolute Gasteiger partial charge is 0.444 e. The fourth-order valence-electron chi connectivity index (χ4n) is 3.89. The quantitative estimate of drug-likeness (QED) is 0.123. The highest BCUT2D eigenvalue weighted by molar-refractivity contribution is 5.95. The van der Waals surface area contributed by atoms with Gasteiger partial charge in [-0.05, 0) is 65.5 Å². The van der Waals surface area contributed by atoms with Crippen molar-refractivity contribution in [1.29, 1.82) is 0 Å². The Hall–Kier alpha value is -4.27. The second kappa shape index (κ2) is 17.3. The van der Waals surface area contributed by atoms with Gasteiger partial charge < -0.3 is 36.6 Å². The zero-order chi connectivity index (χ0) is 34.6. The molecule has 15 heteroatoms. The van der Waals surface area contributed by atoms with Gasteiger partial charge in [0.15, 0.2) is 0 Å². The number of nitro groups is 1. The third-order valence-corrected chi connectivity index (χ3v) is 6.48. The molecule has 0 bridgehead atoms. The van der Waals surface area contributed by atoms with Crippen LogP contribution in [0.2, 0.25) is 0 Å². The van der Waals surface area contributed by atoms with Gasteiger partial charge in [-0.2, -0.15) is 0 Å². The van der Waals surface area contributed by atoms with Crippen molar-refractivity contribution >= 4 is 41.1 Å². The number of nitro benzene ring substituents is 1. The maximum absolute atomic E-state index is 13.2. The first-order valence-electron chi connectivity index (χ1n) is 14.9. The molecule has 5 amide bonds. The van der Waals surface area contributed by atoms with Crippen LogP contribution in [0.5, 0.6) is 0 Å². The lowest BCUT2D eigenvalue weighted by atomic mass is 9.99. The van der Waals surface area contributed by atoms with Gasteiger partial charge in [-0.3, -0.25) is 29.3 Å². The van der Waals surface area contributed by atoms with Crippen LogP contribution in [0.25, 0.3) is 0 Å². The normalized spacial score (nSPS) is 14.8. The van der Waals surface area contributed by atoms with Gasteiger partial charge >= 0.3 is 6.09 Å². The number of non-ortho nitro benzene ring substituents is 1. The number of carbonyl (C=O) groups is 5. The Morgan fingerprint density at radius 2 is 1.22 bits per heavy atom. The molecule has 0 saturated heterocycles. The molecule has 0 spiro atoms. The van der Waals surface area contributed by atoms with E-state index in [9.17, 15) is 34.1 Å². The highest BCUT2D eigenvalue weighted by Crippen LogP contribution is 2.15. The lowest BCUT2D eigenvalue weighted by Gasteiger charge is -2.29. The van der Waals surface area contributed by atoms with Crippen LogP contribution < -0.4 is 31.9 Å². The van der Waals surface area contributed by atoms with E-state index in [2.05, 4.69) is 31.9 Å². The lowest BCUT2D eigenvalue weighted by molar-refractivity contribution is -0.384. The van der Waals surface area contributed by atoms with Crippen LogP contribution in [-0.2, 0) is 23.9 Å². The minimum atomic E-state index is -0.983. The number of alkyl carbamates (subject to hydrolysis) is 1. The van der Waals surface area contributed by atoms with E-state index in [0.717, 1.165) is 0 Å². The average molecular weight is 636 g/mol. The van der Waals surface area contributed by atoms with Crippen LogP contribution in [0.3, 0.4) is 0 Å². The average Bonchev–Trinajstić information content (AvgIpc) is 2.91. The third kappa shape index (κ3) is 13.9. The highest BCUT2D eigenvalue weighted by atomic mass is 16.6. The van der Waals surface area contributed by atoms with E-state index < -0.39 is 64.5 Å². The van der Waals surface area contributed by atoms with Crippen molar-refractivity contribution in [2.75, 3.05) is 11.9 Å². The molecule has 6 N–H and O–H groups in total. The Kier molecular flexibility index (Phi) is 14.9. The summed E-state index contributed by atoms with van der Waals surface area (Å²) in [5.74, 6) is -2.58. The standard InChI is InChI=1S/C30H49N7O8/c1-16(2)23(36-28(41)24(17(3)4)35-26(39)20(7)33-29(42)45-30(8,9)10)27(40)32-18(5)15-31-19(6)25(38)34-21-11-13-22(14-12-21)37(43)44/h11-14,16-20,23-24,31H,15H2,1-10H3,(H,32,40)(H,33,42)(H,34,38)(H,35,39)(H,36,41)/t18-,19-,20-,23-,24-/m0/s1. The number of hydrogen-bond donors (Lipinski definition) is 6. The summed E-state index contributed by atoms with van der Waals surface area (Å²) in [7, 11) is 0. The van der Waals surface area contributed by atoms with Gasteiger partial charge in [-0.1, -0.05) is 27.7 Å². The Bertz CT molecular complexity index is 1200. The molecular formula is C30H49N7O8. The number of benzene rings is 1. The summed E-state index contributed by atoms with van der Waals surface area (Å²) < 4.78 is 5.17. The highest BCUT2D eigenvalue weighted by Gasteiger charge is 2.32. The zero-order valence-corrected chi connectivity index (χ0v) is 27.8. The SMILES string of the molecule is CC(C)[C@H](NC(=O)[C@H](C)NC(=O)OC(C)(C)C)C(=O)N[C@H](C(=O)N[C@@H](C)CN[C@@H](C)C(=O)Nc1ccc([N+](=O)[O-])cc1)C(C)C. The van der Waals surface area contributed by atoms with Crippen molar-refractivity contribution < 1.29 is 33.6 Å². The Balaban J connectivity index is 2.72. The number of ether oxygens (including phenoxy) is 1. The van der Waals surface area contributed by atoms with Crippen LogP contribution in [0, 0.1) is 22.0 Å². The molecule has 0 aliphatic carbocycles. The van der Waals surface area contributed by atoms with Crippen LogP contribution >= 0.6 is 0 Å². The zero-order valence-electron chi connectivity index (χ0n) is 27.8. The van der Waals surface area contributed by atoms with Crippen LogP contribution in [0.4, 0.5) is 16.2 Å². The summed E-state index contributed by atoms with van der Waals surface area (Å²) in [4.78, 5) is 74.0. The molecule has 0 fully saturated rings. The van der Waals surface area contributed by atoms with Crippen molar-refractivity contribution in [1.82, 2.24) is 26.6 Å². The van der Waals surface area contributed by atoms with Gasteiger partial charge in [0, 0.05) is 30.4 Å². The predicted molar refractivity (Wildman–Crippen MR) is 169 cm³/mol. The van der Waals surface area contributed by atoms with Crippen LogP contribution in [-0.4, -0.2) is 77.0 Å². The Morgan fingerprint density at radius 3 is 1.69 bits per heavy atom. The Morgan fingerprint density at radius 1 is 0.733 bits per heavy atom. The number of rotatable bonds is 15. The molecule has 5 atom stereocenters. The summed E-state index contributed by atoms with van der Waals surface area (Å²) >= 11 is 0. The van der Waals surface area contributed by atoms with Gasteiger partial charge in [-0.25, -0.2) is 4.79 Å². The number of anilines is 1. The summed E-state index contributed by atoms with van der Waals surface area (Å²) in [6.45, 7) is 17.2. The third-order valence-electron chi connectivity index (χ3n) is 6.48. The number of nitrogens with one attached hydrogen (secondary N) is 6. The molecule has 0 unspecified atom stereocenters. The molecule has 1 aromatic rings. The second-order valence-corrected chi connectivity index (χ2v) is 12.7. The minimum absolute atomic E-state index is 0.0914. The lowest BCUT2D eigenvalue weighted by Crippen LogP contribution is -2.59. The van der Waals surface area contributed by atoms with Crippen molar-refractivity contribution in [2.24, 2.45) is 11.8 Å². The van der Waals surface area contributed by atoms with E-state index >= 15 is 0 Å². The number of nitrogens with zero attached hydrogens (tertiary/aromatic N) is 1. The van der Waals surface area contributed by atoms with E-state index in [1.54, 1.807) is 62.3 Å². The van der Waals surface area contributed by atoms with Crippen molar-refractivity contribution in [3.05, 3.63) is 34.4 Å². The monoisotopic (exact) mass is 635 g/mol. The minimum Gasteiger partial charge on any atom is -0.444 e. The fraction of sp³-hybridized carbons (Fsp3) is 0.633. The van der Waals surface area contributed by atoms with Crippen LogP contribution in [0.1, 0.15) is 69.2 Å². The molecule has 0 heterocycles. The fourth-order valence-corrected chi connectivity index (χ4v) is 3.89. The molecule has 0 saturated carbocycles. The first-order chi connectivity index (χ1) is 20.7. The first kappa shape index (κ1) is 38.8. The van der Waals surface area contributed by atoms with Crippen molar-refractivity contribution in [3.63, 3.8) is 0 Å². The molecule has 15 nitrogen and oxygen atoms in total. The first-order valence-corrected chi connectivity index (χ1v) is 14.9. The summed E-state index contributed by atoms with van der Waals surface area (Å²) in [6.07, 6.45) is -0.768. The van der Waals surface area contributed by atoms with Gasteiger partial charge in [0.1, 0.15) is 23.7 Å². The van der Waals surface area contributed by atoms with Gasteiger partial charge in [-0.15, -0.1) is 0 Å². The van der Waals surface area contributed by atoms with Gasteiger partial charge in [0.05, 0.1) is 11.0 Å². The molecule has 0 radical (unpaired) electrons. The summed E-state index contributed by atoms with van der Waals surface area (Å²) in [5, 5.41) is 27.2. The van der Waals surface area contributed by atoms with E-state index in [1.807, 2.05) is 0 Å². The molecule has 45 heavy (non-hydrogen) atoms. The molecule has 1 rings (SSSR count). The summed E-state index contributed by atoms with van der Waals surface area (Å²) in [5.41, 5.74) is -0.433. The van der Waals surface area contributed by atoms with E-state index in [0.29, 0.717) is 5.69 Å². The molecule has 1 aromatic carbocycles. The molecule has 0 aromatic heterocycles. The van der Waals surface area contributed by atoms with E-state index in [4.69, 9.17) is 4.74 Å². The maximum atomic E-state index is 13.2. The molecule has 252 valence electrons. The Labute approximate surface area is 264 Å². The second-order valence-electron chi connectivity index (χ2n) is 12.7. The molecular weight excluding hydrogens is 586 g/mol. The number of amides is 5. The maximum Gasteiger partial charge on any atom is 0.408 e. The number of hydrogen-bond acceptors (Lipinski definition) is 9. The van der Waals surface area contributed by atoms with E-state index in [1.165, 1.54) is 31.2 Å². The smallest absolute Gasteiger partial charge is 0.408 e. The number of carbonyl (C=O) groups excluding carboxylic acids is 5. The predicted octanol–water partition coefficient (Wildman–Crippen LogP) is 2.21. The van der Waals surface area contributed by atoms with Crippen molar-refractivity contribution in [3.8, 4) is 0 Å². The topological polar surface area (TPSA) is 210 Å². The van der Waals surface area contributed by atoms with Crippen LogP contribution in [0.15, 0.2) is 24.3 Å². The van der Waals surface area contributed by atoms with E-state index in [-0.39, 0.29) is 30.0 Å². The van der Waals surface area contributed by atoms with Crippen molar-refractivity contribution in [2.45, 2.75) is 105 Å². The van der Waals surface area contributed by atoms with Gasteiger partial charge in [0.25, 0.3) is 5.69 Å². The summed E-state index contributed by atoms with van der Waals surface area (Å²) in [6, 6.07) is 1.49. The molecule has 0 aliphatic rings. The van der Waals surface area contributed by atoms with Gasteiger partial charge in [0.2, 0.25) is 23.6 Å². The molecule has 0 aliphatic heterocycles.